The van der Waals surface area contributed by atoms with E-state index in [1.165, 1.54) is 7.11 Å². The van der Waals surface area contributed by atoms with Crippen molar-refractivity contribution in [2.75, 3.05) is 18.2 Å². The molecule has 6 nitrogen and oxygen atoms in total. The summed E-state index contributed by atoms with van der Waals surface area (Å²) in [5, 5.41) is 5.62. The Balaban J connectivity index is 2.20. The van der Waals surface area contributed by atoms with Gasteiger partial charge in [0.2, 0.25) is 5.91 Å². The van der Waals surface area contributed by atoms with Crippen molar-refractivity contribution in [2.24, 2.45) is 5.92 Å². The molecule has 2 aromatic carbocycles. The molecule has 138 valence electrons. The molecule has 6 heteroatoms. The van der Waals surface area contributed by atoms with Gasteiger partial charge in [-0.25, -0.2) is 0 Å². The van der Waals surface area contributed by atoms with Crippen molar-refractivity contribution >= 4 is 23.2 Å². The van der Waals surface area contributed by atoms with E-state index in [2.05, 4.69) is 10.6 Å². The Morgan fingerprint density at radius 1 is 1.12 bits per heavy atom. The molecule has 0 saturated heterocycles. The molecule has 2 amide bonds. The van der Waals surface area contributed by atoms with Crippen LogP contribution in [0.15, 0.2) is 48.5 Å². The SMILES string of the molecule is COc1ccc(NC(=O)C(NC(=O)CC(C)C)c2ccccc2)cc1N. The predicted molar refractivity (Wildman–Crippen MR) is 103 cm³/mol. The van der Waals surface area contributed by atoms with Gasteiger partial charge in [0.15, 0.2) is 0 Å². The van der Waals surface area contributed by atoms with Crippen LogP contribution in [0.1, 0.15) is 31.9 Å². The van der Waals surface area contributed by atoms with E-state index in [0.717, 1.165) is 0 Å². The van der Waals surface area contributed by atoms with Crippen LogP contribution in [-0.2, 0) is 9.59 Å². The van der Waals surface area contributed by atoms with Crippen molar-refractivity contribution in [2.45, 2.75) is 26.3 Å². The molecule has 0 fully saturated rings. The monoisotopic (exact) mass is 355 g/mol. The van der Waals surface area contributed by atoms with Crippen LogP contribution >= 0.6 is 0 Å². The van der Waals surface area contributed by atoms with Crippen LogP contribution in [0.3, 0.4) is 0 Å². The Morgan fingerprint density at radius 3 is 2.38 bits per heavy atom. The molecule has 1 unspecified atom stereocenters. The fraction of sp³-hybridized carbons (Fsp3) is 0.300. The number of methoxy groups -OCH3 is 1. The van der Waals surface area contributed by atoms with E-state index in [9.17, 15) is 9.59 Å². The van der Waals surface area contributed by atoms with Crippen molar-refractivity contribution < 1.29 is 14.3 Å². The lowest BCUT2D eigenvalue weighted by molar-refractivity contribution is -0.127. The number of anilines is 2. The minimum Gasteiger partial charge on any atom is -0.495 e. The molecule has 0 heterocycles. The smallest absolute Gasteiger partial charge is 0.251 e. The Hall–Kier alpha value is -3.02. The summed E-state index contributed by atoms with van der Waals surface area (Å²) in [6, 6.07) is 13.3. The van der Waals surface area contributed by atoms with Gasteiger partial charge in [-0.2, -0.15) is 0 Å². The molecule has 0 radical (unpaired) electrons. The van der Waals surface area contributed by atoms with Gasteiger partial charge in [-0.15, -0.1) is 0 Å². The van der Waals surface area contributed by atoms with Gasteiger partial charge in [-0.1, -0.05) is 44.2 Å². The number of ether oxygens (including phenoxy) is 1. The number of carbonyl (C=O) groups excluding carboxylic acids is 2. The second-order valence-corrected chi connectivity index (χ2v) is 6.46. The van der Waals surface area contributed by atoms with E-state index in [4.69, 9.17) is 10.5 Å². The highest BCUT2D eigenvalue weighted by molar-refractivity contribution is 5.98. The number of hydrogen-bond donors (Lipinski definition) is 3. The summed E-state index contributed by atoms with van der Waals surface area (Å²) in [4.78, 5) is 25.0. The maximum absolute atomic E-state index is 12.8. The first-order chi connectivity index (χ1) is 12.4. The Labute approximate surface area is 153 Å². The summed E-state index contributed by atoms with van der Waals surface area (Å²) in [6.45, 7) is 3.91. The molecule has 4 N–H and O–H groups in total. The van der Waals surface area contributed by atoms with Gasteiger partial charge in [-0.3, -0.25) is 9.59 Å². The predicted octanol–water partition coefficient (Wildman–Crippen LogP) is 3.12. The summed E-state index contributed by atoms with van der Waals surface area (Å²) in [7, 11) is 1.53. The van der Waals surface area contributed by atoms with Crippen LogP contribution in [0, 0.1) is 5.92 Å². The zero-order valence-electron chi connectivity index (χ0n) is 15.3. The van der Waals surface area contributed by atoms with Crippen molar-refractivity contribution in [1.82, 2.24) is 5.32 Å². The normalized spacial score (nSPS) is 11.7. The van der Waals surface area contributed by atoms with Gasteiger partial charge in [0.1, 0.15) is 11.8 Å². The number of nitrogens with two attached hydrogens (primary N) is 1. The molecule has 0 aromatic heterocycles. The third kappa shape index (κ3) is 5.24. The highest BCUT2D eigenvalue weighted by atomic mass is 16.5. The quantitative estimate of drug-likeness (QED) is 0.665. The molecule has 0 aliphatic carbocycles. The van der Waals surface area contributed by atoms with Gasteiger partial charge in [0, 0.05) is 12.1 Å². The van der Waals surface area contributed by atoms with Crippen molar-refractivity contribution in [1.29, 1.82) is 0 Å². The van der Waals surface area contributed by atoms with E-state index in [1.54, 1.807) is 18.2 Å². The van der Waals surface area contributed by atoms with Crippen LogP contribution in [-0.4, -0.2) is 18.9 Å². The van der Waals surface area contributed by atoms with Crippen molar-refractivity contribution in [3.8, 4) is 5.75 Å². The molecular formula is C20H25N3O3. The highest BCUT2D eigenvalue weighted by Crippen LogP contribution is 2.25. The van der Waals surface area contributed by atoms with Gasteiger partial charge in [-0.05, 0) is 29.7 Å². The molecule has 0 bridgehead atoms. The Bertz CT molecular complexity index is 760. The molecule has 0 aliphatic heterocycles. The molecule has 2 aromatic rings. The fourth-order valence-corrected chi connectivity index (χ4v) is 2.56. The van der Waals surface area contributed by atoms with Crippen LogP contribution in [0.25, 0.3) is 0 Å². The third-order valence-corrected chi connectivity index (χ3v) is 3.79. The molecule has 26 heavy (non-hydrogen) atoms. The summed E-state index contributed by atoms with van der Waals surface area (Å²) >= 11 is 0. The minimum absolute atomic E-state index is 0.168. The molecule has 1 atom stereocenters. The lowest BCUT2D eigenvalue weighted by Crippen LogP contribution is -2.37. The summed E-state index contributed by atoms with van der Waals surface area (Å²) < 4.78 is 5.12. The average molecular weight is 355 g/mol. The summed E-state index contributed by atoms with van der Waals surface area (Å²) in [5.41, 5.74) is 7.55. The number of nitrogen functional groups attached to an aromatic ring is 1. The molecule has 2 rings (SSSR count). The van der Waals surface area contributed by atoms with Gasteiger partial charge in [0.25, 0.3) is 5.91 Å². The van der Waals surface area contributed by atoms with Gasteiger partial charge in [0.05, 0.1) is 12.8 Å². The first-order valence-corrected chi connectivity index (χ1v) is 8.49. The minimum atomic E-state index is -0.786. The third-order valence-electron chi connectivity index (χ3n) is 3.79. The van der Waals surface area contributed by atoms with E-state index in [0.29, 0.717) is 29.1 Å². The number of nitrogens with one attached hydrogen (secondary N) is 2. The maximum Gasteiger partial charge on any atom is 0.251 e. The lowest BCUT2D eigenvalue weighted by atomic mass is 10.0. The first-order valence-electron chi connectivity index (χ1n) is 8.49. The fourth-order valence-electron chi connectivity index (χ4n) is 2.56. The van der Waals surface area contributed by atoms with Crippen LogP contribution in [0.4, 0.5) is 11.4 Å². The van der Waals surface area contributed by atoms with Crippen LogP contribution in [0.5, 0.6) is 5.75 Å². The molecule has 0 spiro atoms. The van der Waals surface area contributed by atoms with Crippen molar-refractivity contribution in [3.05, 3.63) is 54.1 Å². The molecule has 0 saturated carbocycles. The number of carbonyl (C=O) groups is 2. The first kappa shape index (κ1) is 19.3. The van der Waals surface area contributed by atoms with E-state index < -0.39 is 6.04 Å². The number of rotatable bonds is 7. The van der Waals surface area contributed by atoms with E-state index in [1.807, 2.05) is 44.2 Å². The molecular weight excluding hydrogens is 330 g/mol. The van der Waals surface area contributed by atoms with E-state index in [-0.39, 0.29) is 17.7 Å². The number of benzene rings is 2. The van der Waals surface area contributed by atoms with Gasteiger partial charge < -0.3 is 21.1 Å². The van der Waals surface area contributed by atoms with Crippen LogP contribution < -0.4 is 21.1 Å². The maximum atomic E-state index is 12.8. The standard InChI is InChI=1S/C20H25N3O3/c1-13(2)11-18(24)23-19(14-7-5-4-6-8-14)20(25)22-15-9-10-17(26-3)16(21)12-15/h4-10,12-13,19H,11,21H2,1-3H3,(H,22,25)(H,23,24). The molecule has 0 aliphatic rings. The van der Waals surface area contributed by atoms with Crippen molar-refractivity contribution in [3.63, 3.8) is 0 Å². The highest BCUT2D eigenvalue weighted by Gasteiger charge is 2.23. The zero-order valence-corrected chi connectivity index (χ0v) is 15.3. The topological polar surface area (TPSA) is 93.5 Å². The Morgan fingerprint density at radius 2 is 1.81 bits per heavy atom. The lowest BCUT2D eigenvalue weighted by Gasteiger charge is -2.20. The zero-order chi connectivity index (χ0) is 19.1. The number of amides is 2. The second-order valence-electron chi connectivity index (χ2n) is 6.46. The summed E-state index contributed by atoms with van der Waals surface area (Å²) in [5.74, 6) is 0.236. The van der Waals surface area contributed by atoms with Gasteiger partial charge >= 0.3 is 0 Å². The van der Waals surface area contributed by atoms with Crippen LogP contribution in [0.2, 0.25) is 0 Å². The van der Waals surface area contributed by atoms with E-state index >= 15 is 0 Å². The average Bonchev–Trinajstić information content (AvgIpc) is 2.60. The second kappa shape index (κ2) is 8.89. The summed E-state index contributed by atoms with van der Waals surface area (Å²) in [6.07, 6.45) is 0.353. The number of hydrogen-bond acceptors (Lipinski definition) is 4. The Kier molecular flexibility index (Phi) is 6.60. The largest absolute Gasteiger partial charge is 0.495 e.